The molecule has 0 aliphatic heterocycles. The van der Waals surface area contributed by atoms with Crippen LogP contribution in [-0.2, 0) is 17.9 Å². The summed E-state index contributed by atoms with van der Waals surface area (Å²) in [5, 5.41) is 2.96. The molecule has 2 aromatic carbocycles. The Morgan fingerprint density at radius 2 is 1.42 bits per heavy atom. The minimum Gasteiger partial charge on any atom is -0.355 e. The molecule has 144 valence electrons. The van der Waals surface area contributed by atoms with Crippen LogP contribution in [-0.4, -0.2) is 29.9 Å². The highest BCUT2D eigenvalue weighted by atomic mass is 35.5. The van der Waals surface area contributed by atoms with Crippen molar-refractivity contribution in [3.05, 3.63) is 71.8 Å². The summed E-state index contributed by atoms with van der Waals surface area (Å²) in [4.78, 5) is 14.4. The van der Waals surface area contributed by atoms with Crippen molar-refractivity contribution in [1.29, 1.82) is 0 Å². The molecule has 4 nitrogen and oxygen atoms in total. The van der Waals surface area contributed by atoms with Crippen LogP contribution >= 0.6 is 24.8 Å². The van der Waals surface area contributed by atoms with Crippen molar-refractivity contribution in [1.82, 2.24) is 10.2 Å². The number of carbonyl (C=O) groups is 1. The van der Waals surface area contributed by atoms with Gasteiger partial charge in [0.1, 0.15) is 0 Å². The van der Waals surface area contributed by atoms with Gasteiger partial charge in [0.05, 0.1) is 6.54 Å². The van der Waals surface area contributed by atoms with Gasteiger partial charge in [-0.05, 0) is 24.5 Å². The van der Waals surface area contributed by atoms with Crippen LogP contribution in [0.15, 0.2) is 60.7 Å². The lowest BCUT2D eigenvalue weighted by molar-refractivity contribution is -0.122. The van der Waals surface area contributed by atoms with Crippen molar-refractivity contribution >= 4 is 30.7 Å². The van der Waals surface area contributed by atoms with Crippen LogP contribution in [0.5, 0.6) is 0 Å². The highest BCUT2D eigenvalue weighted by molar-refractivity contribution is 5.85. The zero-order chi connectivity index (χ0) is 17.2. The van der Waals surface area contributed by atoms with Gasteiger partial charge in [0, 0.05) is 25.7 Å². The summed E-state index contributed by atoms with van der Waals surface area (Å²) in [5.41, 5.74) is 8.13. The van der Waals surface area contributed by atoms with Crippen LogP contribution in [0.1, 0.15) is 24.5 Å². The highest BCUT2D eigenvalue weighted by Crippen LogP contribution is 2.09. The second-order valence-corrected chi connectivity index (χ2v) is 6.23. The molecule has 1 unspecified atom stereocenters. The lowest BCUT2D eigenvalue weighted by atomic mass is 10.1. The normalized spacial score (nSPS) is 11.2. The number of carbonyl (C=O) groups excluding carboxylic acids is 1. The Labute approximate surface area is 169 Å². The van der Waals surface area contributed by atoms with Crippen LogP contribution in [0, 0.1) is 0 Å². The van der Waals surface area contributed by atoms with E-state index in [0.29, 0.717) is 13.1 Å². The minimum atomic E-state index is 0. The largest absolute Gasteiger partial charge is 0.355 e. The first-order chi connectivity index (χ1) is 11.6. The monoisotopic (exact) mass is 397 g/mol. The Balaban J connectivity index is 0.00000312. The van der Waals surface area contributed by atoms with Gasteiger partial charge in [0.25, 0.3) is 0 Å². The van der Waals surface area contributed by atoms with Crippen molar-refractivity contribution in [2.24, 2.45) is 5.73 Å². The van der Waals surface area contributed by atoms with E-state index < -0.39 is 0 Å². The summed E-state index contributed by atoms with van der Waals surface area (Å²) in [5.74, 6) is 0.0440. The van der Waals surface area contributed by atoms with E-state index >= 15 is 0 Å². The van der Waals surface area contributed by atoms with E-state index in [9.17, 15) is 4.79 Å². The Kier molecular flexibility index (Phi) is 12.8. The Bertz CT molecular complexity index is 567. The quantitative estimate of drug-likeness (QED) is 0.681. The molecule has 0 saturated heterocycles. The molecule has 0 saturated carbocycles. The van der Waals surface area contributed by atoms with Crippen molar-refractivity contribution in [2.75, 3.05) is 13.1 Å². The predicted molar refractivity (Wildman–Crippen MR) is 113 cm³/mol. The topological polar surface area (TPSA) is 58.4 Å². The van der Waals surface area contributed by atoms with Gasteiger partial charge in [-0.25, -0.2) is 0 Å². The van der Waals surface area contributed by atoms with Gasteiger partial charge < -0.3 is 11.1 Å². The average Bonchev–Trinajstić information content (AvgIpc) is 2.56. The molecule has 0 heterocycles. The molecule has 0 aromatic heterocycles. The Morgan fingerprint density at radius 1 is 0.962 bits per heavy atom. The van der Waals surface area contributed by atoms with E-state index in [1.165, 1.54) is 11.1 Å². The van der Waals surface area contributed by atoms with Crippen molar-refractivity contribution in [2.45, 2.75) is 32.5 Å². The molecule has 0 aliphatic rings. The zero-order valence-corrected chi connectivity index (χ0v) is 16.8. The number of benzene rings is 2. The molecule has 1 amide bonds. The number of nitrogens with one attached hydrogen (secondary N) is 1. The standard InChI is InChI=1S/C20H27N3O.2ClH/c1-17(21)12-13-22-20(24)16-23(14-18-8-4-2-5-9-18)15-19-10-6-3-7-11-19;;/h2-11,17H,12-16,21H2,1H3,(H,22,24);2*1H. The molecule has 1 atom stereocenters. The summed E-state index contributed by atoms with van der Waals surface area (Å²) in [7, 11) is 0. The second-order valence-electron chi connectivity index (χ2n) is 6.23. The van der Waals surface area contributed by atoms with Crippen LogP contribution in [0.25, 0.3) is 0 Å². The second kappa shape index (κ2) is 13.6. The maximum Gasteiger partial charge on any atom is 0.234 e. The fraction of sp³-hybridized carbons (Fsp3) is 0.350. The maximum absolute atomic E-state index is 12.2. The SMILES string of the molecule is CC(N)CCNC(=O)CN(Cc1ccccc1)Cc1ccccc1.Cl.Cl. The Morgan fingerprint density at radius 3 is 1.85 bits per heavy atom. The molecular formula is C20H29Cl2N3O. The van der Waals surface area contributed by atoms with Crippen molar-refractivity contribution in [3.8, 4) is 0 Å². The summed E-state index contributed by atoms with van der Waals surface area (Å²) < 4.78 is 0. The summed E-state index contributed by atoms with van der Waals surface area (Å²) >= 11 is 0. The van der Waals surface area contributed by atoms with E-state index in [-0.39, 0.29) is 36.8 Å². The fourth-order valence-electron chi connectivity index (χ4n) is 2.55. The smallest absolute Gasteiger partial charge is 0.234 e. The van der Waals surface area contributed by atoms with Gasteiger partial charge in [-0.3, -0.25) is 9.69 Å². The van der Waals surface area contributed by atoms with Gasteiger partial charge in [0.2, 0.25) is 5.91 Å². The average molecular weight is 398 g/mol. The molecule has 0 bridgehead atoms. The molecular weight excluding hydrogens is 369 g/mol. The van der Waals surface area contributed by atoms with E-state index in [0.717, 1.165) is 19.5 Å². The predicted octanol–water partition coefficient (Wildman–Crippen LogP) is 3.39. The summed E-state index contributed by atoms with van der Waals surface area (Å²) in [6, 6.07) is 20.6. The molecule has 3 N–H and O–H groups in total. The van der Waals surface area contributed by atoms with Crippen LogP contribution < -0.4 is 11.1 Å². The van der Waals surface area contributed by atoms with E-state index in [4.69, 9.17) is 5.73 Å². The van der Waals surface area contributed by atoms with Gasteiger partial charge in [-0.2, -0.15) is 0 Å². The Hall–Kier alpha value is -1.59. The molecule has 6 heteroatoms. The minimum absolute atomic E-state index is 0. The molecule has 0 fully saturated rings. The lowest BCUT2D eigenvalue weighted by Crippen LogP contribution is -2.38. The number of hydrogen-bond acceptors (Lipinski definition) is 3. The zero-order valence-electron chi connectivity index (χ0n) is 15.1. The van der Waals surface area contributed by atoms with Crippen molar-refractivity contribution < 1.29 is 4.79 Å². The fourth-order valence-corrected chi connectivity index (χ4v) is 2.55. The first kappa shape index (κ1) is 24.4. The maximum atomic E-state index is 12.2. The third-order valence-corrected chi connectivity index (χ3v) is 3.79. The number of nitrogens with zero attached hydrogens (tertiary/aromatic N) is 1. The third-order valence-electron chi connectivity index (χ3n) is 3.79. The van der Waals surface area contributed by atoms with Gasteiger partial charge >= 0.3 is 0 Å². The molecule has 26 heavy (non-hydrogen) atoms. The van der Waals surface area contributed by atoms with Gasteiger partial charge in [0.15, 0.2) is 0 Å². The number of halogens is 2. The first-order valence-electron chi connectivity index (χ1n) is 8.46. The molecule has 0 spiro atoms. The van der Waals surface area contributed by atoms with Crippen LogP contribution in [0.3, 0.4) is 0 Å². The summed E-state index contributed by atoms with van der Waals surface area (Å²) in [6.45, 7) is 4.44. The number of nitrogens with two attached hydrogens (primary N) is 1. The van der Waals surface area contributed by atoms with Crippen LogP contribution in [0.4, 0.5) is 0 Å². The van der Waals surface area contributed by atoms with E-state index in [1.807, 2.05) is 43.3 Å². The number of hydrogen-bond donors (Lipinski definition) is 2. The molecule has 2 aromatic rings. The van der Waals surface area contributed by atoms with Crippen LogP contribution in [0.2, 0.25) is 0 Å². The van der Waals surface area contributed by atoms with Gasteiger partial charge in [-0.1, -0.05) is 60.7 Å². The van der Waals surface area contributed by atoms with Crippen molar-refractivity contribution in [3.63, 3.8) is 0 Å². The molecule has 0 radical (unpaired) electrons. The first-order valence-corrected chi connectivity index (χ1v) is 8.46. The molecule has 2 rings (SSSR count). The van der Waals surface area contributed by atoms with E-state index in [1.54, 1.807) is 0 Å². The number of rotatable bonds is 9. The lowest BCUT2D eigenvalue weighted by Gasteiger charge is -2.22. The highest BCUT2D eigenvalue weighted by Gasteiger charge is 2.12. The van der Waals surface area contributed by atoms with E-state index in [2.05, 4.69) is 34.5 Å². The van der Waals surface area contributed by atoms with Gasteiger partial charge in [-0.15, -0.1) is 24.8 Å². The third kappa shape index (κ3) is 9.78. The number of amides is 1. The summed E-state index contributed by atoms with van der Waals surface area (Å²) in [6.07, 6.45) is 0.795. The molecule has 0 aliphatic carbocycles.